The molecule has 0 aliphatic heterocycles. The fourth-order valence-corrected chi connectivity index (χ4v) is 1.36. The number of phenolic OH excluding ortho intramolecular Hbond substituents is 1. The Kier molecular flexibility index (Phi) is 6.51. The Balaban J connectivity index is 0.00000289. The summed E-state index contributed by atoms with van der Waals surface area (Å²) in [4.78, 5) is 13.6. The average molecular weight is 275 g/mol. The fourth-order valence-electron chi connectivity index (χ4n) is 1.36. The van der Waals surface area contributed by atoms with E-state index < -0.39 is 0 Å². The number of amides is 1. The molecule has 0 fully saturated rings. The predicted molar refractivity (Wildman–Crippen MR) is 72.5 cm³/mol. The summed E-state index contributed by atoms with van der Waals surface area (Å²) < 4.78 is 5.02. The van der Waals surface area contributed by atoms with Crippen LogP contribution in [0.5, 0.6) is 11.5 Å². The average Bonchev–Trinajstić information content (AvgIpc) is 2.36. The second-order valence-corrected chi connectivity index (χ2v) is 3.88. The molecule has 0 heterocycles. The minimum Gasteiger partial charge on any atom is -0.507 e. The summed E-state index contributed by atoms with van der Waals surface area (Å²) in [7, 11) is 3.16. The molecule has 0 aromatic heterocycles. The first-order valence-electron chi connectivity index (χ1n) is 5.35. The number of aromatic hydroxyl groups is 1. The van der Waals surface area contributed by atoms with Crippen molar-refractivity contribution in [2.75, 3.05) is 20.7 Å². The van der Waals surface area contributed by atoms with E-state index in [0.29, 0.717) is 12.3 Å². The van der Waals surface area contributed by atoms with Gasteiger partial charge in [-0.1, -0.05) is 0 Å². The van der Waals surface area contributed by atoms with Crippen LogP contribution in [0.1, 0.15) is 17.3 Å². The molecule has 1 amide bonds. The van der Waals surface area contributed by atoms with Crippen LogP contribution in [0.3, 0.4) is 0 Å². The number of nitrogens with two attached hydrogens (primary N) is 1. The Morgan fingerprint density at radius 3 is 2.67 bits per heavy atom. The van der Waals surface area contributed by atoms with Crippen molar-refractivity contribution in [3.63, 3.8) is 0 Å². The molecule has 1 atom stereocenters. The van der Waals surface area contributed by atoms with Crippen molar-refractivity contribution in [1.82, 2.24) is 4.90 Å². The number of nitrogens with zero attached hydrogens (tertiary/aromatic N) is 1. The molecule has 0 saturated heterocycles. The third-order valence-electron chi connectivity index (χ3n) is 2.76. The zero-order chi connectivity index (χ0) is 13.0. The van der Waals surface area contributed by atoms with Gasteiger partial charge in [0.1, 0.15) is 11.5 Å². The Morgan fingerprint density at radius 1 is 1.56 bits per heavy atom. The van der Waals surface area contributed by atoms with E-state index in [4.69, 9.17) is 10.5 Å². The Morgan fingerprint density at radius 2 is 2.17 bits per heavy atom. The smallest absolute Gasteiger partial charge is 0.257 e. The van der Waals surface area contributed by atoms with Crippen LogP contribution in [0.15, 0.2) is 18.2 Å². The maximum atomic E-state index is 12.1. The number of benzene rings is 1. The van der Waals surface area contributed by atoms with Gasteiger partial charge in [-0.15, -0.1) is 12.4 Å². The second kappa shape index (κ2) is 7.08. The Bertz CT molecular complexity index is 412. The highest BCUT2D eigenvalue weighted by atomic mass is 35.5. The topological polar surface area (TPSA) is 75.8 Å². The van der Waals surface area contributed by atoms with Crippen molar-refractivity contribution in [3.8, 4) is 11.5 Å². The summed E-state index contributed by atoms with van der Waals surface area (Å²) >= 11 is 0. The SMILES string of the molecule is COc1ccc(O)c(C(=O)N(C)C(C)CN)c1.Cl. The first-order chi connectivity index (χ1) is 8.01. The highest BCUT2D eigenvalue weighted by Crippen LogP contribution is 2.24. The van der Waals surface area contributed by atoms with Gasteiger partial charge in [-0.25, -0.2) is 0 Å². The van der Waals surface area contributed by atoms with E-state index >= 15 is 0 Å². The molecular formula is C12H19ClN2O3. The first kappa shape index (κ1) is 16.5. The minimum absolute atomic E-state index is 0. The lowest BCUT2D eigenvalue weighted by Crippen LogP contribution is -2.39. The maximum absolute atomic E-state index is 12.1. The van der Waals surface area contributed by atoms with Crippen molar-refractivity contribution >= 4 is 18.3 Å². The minimum atomic E-state index is -0.278. The quantitative estimate of drug-likeness (QED) is 0.866. The largest absolute Gasteiger partial charge is 0.507 e. The summed E-state index contributed by atoms with van der Waals surface area (Å²) in [6.07, 6.45) is 0. The summed E-state index contributed by atoms with van der Waals surface area (Å²) in [5.74, 6) is 0.186. The number of halogens is 1. The number of carbonyl (C=O) groups excluding carboxylic acids is 1. The molecule has 6 heteroatoms. The van der Waals surface area contributed by atoms with Crippen LogP contribution in [0, 0.1) is 0 Å². The van der Waals surface area contributed by atoms with Crippen molar-refractivity contribution in [3.05, 3.63) is 23.8 Å². The van der Waals surface area contributed by atoms with Gasteiger partial charge in [0, 0.05) is 19.6 Å². The summed E-state index contributed by atoms with van der Waals surface area (Å²) in [5.41, 5.74) is 5.72. The first-order valence-corrected chi connectivity index (χ1v) is 5.35. The van der Waals surface area contributed by atoms with E-state index in [1.165, 1.54) is 24.1 Å². The maximum Gasteiger partial charge on any atom is 0.257 e. The lowest BCUT2D eigenvalue weighted by molar-refractivity contribution is 0.0745. The fraction of sp³-hybridized carbons (Fsp3) is 0.417. The second-order valence-electron chi connectivity index (χ2n) is 3.88. The van der Waals surface area contributed by atoms with Crippen LogP contribution in [-0.2, 0) is 0 Å². The van der Waals surface area contributed by atoms with Gasteiger partial charge in [-0.3, -0.25) is 4.79 Å². The van der Waals surface area contributed by atoms with E-state index in [2.05, 4.69) is 0 Å². The molecule has 1 rings (SSSR count). The van der Waals surface area contributed by atoms with E-state index in [1.54, 1.807) is 13.1 Å². The number of ether oxygens (including phenoxy) is 1. The van der Waals surface area contributed by atoms with E-state index in [0.717, 1.165) is 0 Å². The van der Waals surface area contributed by atoms with Crippen molar-refractivity contribution in [2.45, 2.75) is 13.0 Å². The molecule has 18 heavy (non-hydrogen) atoms. The van der Waals surface area contributed by atoms with Gasteiger partial charge in [-0.2, -0.15) is 0 Å². The molecule has 1 aromatic rings. The third kappa shape index (κ3) is 3.51. The van der Waals surface area contributed by atoms with Gasteiger partial charge in [0.05, 0.1) is 12.7 Å². The third-order valence-corrected chi connectivity index (χ3v) is 2.76. The molecule has 0 spiro atoms. The molecule has 1 unspecified atom stereocenters. The number of phenols is 1. The molecule has 5 nitrogen and oxygen atoms in total. The zero-order valence-corrected chi connectivity index (χ0v) is 11.5. The van der Waals surface area contributed by atoms with E-state index in [9.17, 15) is 9.90 Å². The number of hydrogen-bond donors (Lipinski definition) is 2. The number of carbonyl (C=O) groups is 1. The molecule has 1 aromatic carbocycles. The molecular weight excluding hydrogens is 256 g/mol. The van der Waals surface area contributed by atoms with Gasteiger partial charge >= 0.3 is 0 Å². The number of hydrogen-bond acceptors (Lipinski definition) is 4. The molecule has 0 bridgehead atoms. The van der Waals surface area contributed by atoms with Crippen molar-refractivity contribution in [1.29, 1.82) is 0 Å². The Labute approximate surface area is 113 Å². The monoisotopic (exact) mass is 274 g/mol. The van der Waals surface area contributed by atoms with Crippen LogP contribution >= 0.6 is 12.4 Å². The van der Waals surface area contributed by atoms with Gasteiger partial charge in [-0.05, 0) is 25.1 Å². The van der Waals surface area contributed by atoms with Crippen LogP contribution in [0.4, 0.5) is 0 Å². The number of likely N-dealkylation sites (N-methyl/N-ethyl adjacent to an activating group) is 1. The lowest BCUT2D eigenvalue weighted by Gasteiger charge is -2.24. The van der Waals surface area contributed by atoms with Gasteiger partial charge in [0.25, 0.3) is 5.91 Å². The van der Waals surface area contributed by atoms with Crippen LogP contribution < -0.4 is 10.5 Å². The van der Waals surface area contributed by atoms with E-state index in [1.807, 2.05) is 6.92 Å². The zero-order valence-electron chi connectivity index (χ0n) is 10.7. The highest BCUT2D eigenvalue weighted by molar-refractivity contribution is 5.97. The molecule has 0 aliphatic rings. The Hall–Kier alpha value is -1.46. The summed E-state index contributed by atoms with van der Waals surface area (Å²) in [5, 5.41) is 9.67. The standard InChI is InChI=1S/C12H18N2O3.ClH/c1-8(7-13)14(2)12(16)10-6-9(17-3)4-5-11(10)15;/h4-6,8,15H,7,13H2,1-3H3;1H. The molecule has 0 saturated carbocycles. The van der Waals surface area contributed by atoms with Gasteiger partial charge in [0.15, 0.2) is 0 Å². The highest BCUT2D eigenvalue weighted by Gasteiger charge is 2.19. The molecule has 102 valence electrons. The van der Waals surface area contributed by atoms with Crippen molar-refractivity contribution in [2.24, 2.45) is 5.73 Å². The van der Waals surface area contributed by atoms with Crippen LogP contribution in [0.2, 0.25) is 0 Å². The summed E-state index contributed by atoms with van der Waals surface area (Å²) in [6.45, 7) is 2.21. The van der Waals surface area contributed by atoms with Gasteiger partial charge < -0.3 is 20.5 Å². The molecule has 0 radical (unpaired) electrons. The van der Waals surface area contributed by atoms with Crippen LogP contribution in [0.25, 0.3) is 0 Å². The molecule has 0 aliphatic carbocycles. The normalized spacial score (nSPS) is 11.3. The van der Waals surface area contributed by atoms with Crippen molar-refractivity contribution < 1.29 is 14.6 Å². The van der Waals surface area contributed by atoms with Gasteiger partial charge in [0.2, 0.25) is 0 Å². The van der Waals surface area contributed by atoms with Crippen LogP contribution in [-0.4, -0.2) is 42.7 Å². The molecule has 3 N–H and O–H groups in total. The number of rotatable bonds is 4. The predicted octanol–water partition coefficient (Wildman–Crippen LogP) is 1.24. The summed E-state index contributed by atoms with van der Waals surface area (Å²) in [6, 6.07) is 4.45. The van der Waals surface area contributed by atoms with E-state index in [-0.39, 0.29) is 35.7 Å². The number of methoxy groups -OCH3 is 1. The lowest BCUT2D eigenvalue weighted by atomic mass is 10.1.